The van der Waals surface area contributed by atoms with Crippen LogP contribution in [0.5, 0.6) is 5.75 Å². The third kappa shape index (κ3) is 6.77. The van der Waals surface area contributed by atoms with Gasteiger partial charge >= 0.3 is 0 Å². The molecule has 0 spiro atoms. The number of amides is 2. The number of anilines is 1. The molecule has 0 aromatic heterocycles. The van der Waals surface area contributed by atoms with Gasteiger partial charge in [-0.2, -0.15) is 0 Å². The first-order chi connectivity index (χ1) is 17.4. The number of hydrogen-bond donors (Lipinski definition) is 3. The van der Waals surface area contributed by atoms with Gasteiger partial charge in [0.05, 0.1) is 6.10 Å². The number of ether oxygens (including phenoxy) is 1. The van der Waals surface area contributed by atoms with Crippen LogP contribution in [0.1, 0.15) is 38.2 Å². The lowest BCUT2D eigenvalue weighted by Crippen LogP contribution is -2.55. The highest BCUT2D eigenvalue weighted by Crippen LogP contribution is 2.27. The second-order valence-corrected chi connectivity index (χ2v) is 9.90. The minimum atomic E-state index is -1.84. The quantitative estimate of drug-likeness (QED) is 0.520. The molecular weight excluding hydrogens is 458 g/mol. The highest BCUT2D eigenvalue weighted by atomic mass is 16.5. The van der Waals surface area contributed by atoms with E-state index in [1.54, 1.807) is 0 Å². The van der Waals surface area contributed by atoms with E-state index in [0.29, 0.717) is 26.2 Å². The van der Waals surface area contributed by atoms with E-state index < -0.39 is 24.0 Å². The lowest BCUT2D eigenvalue weighted by Gasteiger charge is -2.37. The summed E-state index contributed by atoms with van der Waals surface area (Å²) in [6.07, 6.45) is 0.987. The van der Waals surface area contributed by atoms with Crippen LogP contribution >= 0.6 is 0 Å². The summed E-state index contributed by atoms with van der Waals surface area (Å²) in [7, 11) is 0. The van der Waals surface area contributed by atoms with Crippen molar-refractivity contribution in [1.82, 2.24) is 10.2 Å². The van der Waals surface area contributed by atoms with Gasteiger partial charge in [0.25, 0.3) is 11.8 Å². The average Bonchev–Trinajstić information content (AvgIpc) is 2.92. The van der Waals surface area contributed by atoms with Crippen molar-refractivity contribution in [3.8, 4) is 5.75 Å². The van der Waals surface area contributed by atoms with Crippen molar-refractivity contribution in [2.75, 3.05) is 31.1 Å². The summed E-state index contributed by atoms with van der Waals surface area (Å²) in [5.74, 6) is 0.0829. The van der Waals surface area contributed by atoms with E-state index >= 15 is 0 Å². The zero-order valence-corrected chi connectivity index (χ0v) is 20.9. The van der Waals surface area contributed by atoms with Crippen LogP contribution in [-0.4, -0.2) is 71.4 Å². The summed E-state index contributed by atoms with van der Waals surface area (Å²) >= 11 is 0. The maximum atomic E-state index is 12.7. The third-order valence-corrected chi connectivity index (χ3v) is 7.16. The standard InChI is InChI=1S/C28H37N3O5/c1-20-10-12-23(13-11-20)36-24-9-5-6-21(18-24)19-29-27(34)25(32)26(33)28(35)31-16-14-30(15-17-31)22-7-3-2-4-8-22/h2-9,18,20,23,25-26,32-33H,10-17,19H2,1H3,(H,29,34)/t20?,23?,25-,26-/m1/s1. The van der Waals surface area contributed by atoms with E-state index in [1.807, 2.05) is 54.6 Å². The molecule has 0 bridgehead atoms. The molecule has 1 aliphatic heterocycles. The van der Waals surface area contributed by atoms with Crippen LogP contribution in [0.4, 0.5) is 5.69 Å². The number of carbonyl (C=O) groups is 2. The first-order valence-electron chi connectivity index (χ1n) is 12.9. The molecule has 0 radical (unpaired) electrons. The molecule has 2 aromatic rings. The summed E-state index contributed by atoms with van der Waals surface area (Å²) in [5.41, 5.74) is 1.89. The maximum absolute atomic E-state index is 12.7. The topological polar surface area (TPSA) is 102 Å². The zero-order valence-electron chi connectivity index (χ0n) is 20.9. The Hall–Kier alpha value is -3.10. The van der Waals surface area contributed by atoms with Crippen molar-refractivity contribution in [3.63, 3.8) is 0 Å². The zero-order chi connectivity index (χ0) is 25.5. The van der Waals surface area contributed by atoms with Crippen LogP contribution in [0, 0.1) is 5.92 Å². The Bertz CT molecular complexity index is 1000. The maximum Gasteiger partial charge on any atom is 0.254 e. The van der Waals surface area contributed by atoms with Gasteiger partial charge in [0.2, 0.25) is 0 Å². The molecule has 8 nitrogen and oxygen atoms in total. The van der Waals surface area contributed by atoms with Crippen LogP contribution in [0.3, 0.4) is 0 Å². The van der Waals surface area contributed by atoms with E-state index in [4.69, 9.17) is 4.74 Å². The summed E-state index contributed by atoms with van der Waals surface area (Å²) < 4.78 is 6.12. The fourth-order valence-electron chi connectivity index (χ4n) is 4.85. The molecule has 2 atom stereocenters. The number of hydrogen-bond acceptors (Lipinski definition) is 6. The van der Waals surface area contributed by atoms with Gasteiger partial charge in [-0.25, -0.2) is 0 Å². The van der Waals surface area contributed by atoms with E-state index in [1.165, 1.54) is 17.7 Å². The molecule has 2 aromatic carbocycles. The Morgan fingerprint density at radius 2 is 1.64 bits per heavy atom. The van der Waals surface area contributed by atoms with Crippen molar-refractivity contribution in [3.05, 3.63) is 60.2 Å². The van der Waals surface area contributed by atoms with Crippen molar-refractivity contribution in [2.24, 2.45) is 5.92 Å². The minimum absolute atomic E-state index is 0.158. The van der Waals surface area contributed by atoms with E-state index in [-0.39, 0.29) is 12.6 Å². The van der Waals surface area contributed by atoms with E-state index in [0.717, 1.165) is 35.8 Å². The molecule has 2 aliphatic rings. The van der Waals surface area contributed by atoms with E-state index in [2.05, 4.69) is 17.1 Å². The molecule has 194 valence electrons. The molecular formula is C28H37N3O5. The van der Waals surface area contributed by atoms with Crippen LogP contribution in [0.2, 0.25) is 0 Å². The Labute approximate surface area is 212 Å². The number of piperazine rings is 1. The fraction of sp³-hybridized carbons (Fsp3) is 0.500. The largest absolute Gasteiger partial charge is 0.490 e. The molecule has 0 unspecified atom stereocenters. The number of nitrogens with zero attached hydrogens (tertiary/aromatic N) is 2. The number of para-hydroxylation sites is 1. The Morgan fingerprint density at radius 3 is 2.33 bits per heavy atom. The van der Waals surface area contributed by atoms with Crippen molar-refractivity contribution in [1.29, 1.82) is 0 Å². The number of carbonyl (C=O) groups excluding carboxylic acids is 2. The SMILES string of the molecule is CC1CCC(Oc2cccc(CNC(=O)[C@H](O)[C@@H](O)C(=O)N3CCN(c4ccccc4)CC3)c2)CC1. The molecule has 2 fully saturated rings. The summed E-state index contributed by atoms with van der Waals surface area (Å²) in [6.45, 7) is 4.47. The first kappa shape index (κ1) is 26.0. The fourth-order valence-corrected chi connectivity index (χ4v) is 4.85. The van der Waals surface area contributed by atoms with Gasteiger partial charge in [0.1, 0.15) is 5.75 Å². The van der Waals surface area contributed by atoms with Crippen LogP contribution in [0.25, 0.3) is 0 Å². The third-order valence-electron chi connectivity index (χ3n) is 7.16. The summed E-state index contributed by atoms with van der Waals surface area (Å²) in [6, 6.07) is 17.4. The normalized spacial score (nSPS) is 22.0. The van der Waals surface area contributed by atoms with E-state index in [9.17, 15) is 19.8 Å². The molecule has 4 rings (SSSR count). The predicted octanol–water partition coefficient (Wildman–Crippen LogP) is 2.33. The van der Waals surface area contributed by atoms with Crippen molar-refractivity contribution < 1.29 is 24.5 Å². The highest BCUT2D eigenvalue weighted by molar-refractivity contribution is 5.90. The minimum Gasteiger partial charge on any atom is -0.490 e. The number of nitrogens with one attached hydrogen (secondary N) is 1. The molecule has 1 saturated carbocycles. The Kier molecular flexibility index (Phi) is 8.83. The van der Waals surface area contributed by atoms with Crippen LogP contribution < -0.4 is 15.0 Å². The Morgan fingerprint density at radius 1 is 0.944 bits per heavy atom. The molecule has 2 amide bonds. The molecule has 36 heavy (non-hydrogen) atoms. The molecule has 3 N–H and O–H groups in total. The molecule has 1 heterocycles. The monoisotopic (exact) mass is 495 g/mol. The van der Waals surface area contributed by atoms with Crippen LogP contribution in [-0.2, 0) is 16.1 Å². The lowest BCUT2D eigenvalue weighted by atomic mass is 9.89. The smallest absolute Gasteiger partial charge is 0.254 e. The van der Waals surface area contributed by atoms with Crippen molar-refractivity contribution >= 4 is 17.5 Å². The van der Waals surface area contributed by atoms with Gasteiger partial charge in [0.15, 0.2) is 12.2 Å². The van der Waals surface area contributed by atoms with Gasteiger partial charge in [-0.3, -0.25) is 9.59 Å². The van der Waals surface area contributed by atoms with Crippen LogP contribution in [0.15, 0.2) is 54.6 Å². The number of aliphatic hydroxyl groups excluding tert-OH is 2. The van der Waals surface area contributed by atoms with Gasteiger partial charge in [0, 0.05) is 38.4 Å². The van der Waals surface area contributed by atoms with Gasteiger partial charge in [-0.1, -0.05) is 37.3 Å². The van der Waals surface area contributed by atoms with Crippen molar-refractivity contribution in [2.45, 2.75) is 57.5 Å². The summed E-state index contributed by atoms with van der Waals surface area (Å²) in [5, 5.41) is 23.4. The molecule has 1 aliphatic carbocycles. The number of rotatable bonds is 8. The van der Waals surface area contributed by atoms with Gasteiger partial charge in [-0.15, -0.1) is 0 Å². The number of aliphatic hydroxyl groups is 2. The summed E-state index contributed by atoms with van der Waals surface area (Å²) in [4.78, 5) is 28.9. The second kappa shape index (κ2) is 12.2. The van der Waals surface area contributed by atoms with Gasteiger partial charge < -0.3 is 30.1 Å². The van der Waals surface area contributed by atoms with Gasteiger partial charge in [-0.05, 0) is 61.4 Å². The molecule has 8 heteroatoms. The number of benzene rings is 2. The Balaban J connectivity index is 1.23. The lowest BCUT2D eigenvalue weighted by molar-refractivity contribution is -0.153. The highest BCUT2D eigenvalue weighted by Gasteiger charge is 2.34. The average molecular weight is 496 g/mol. The second-order valence-electron chi connectivity index (χ2n) is 9.90. The molecule has 1 saturated heterocycles. The predicted molar refractivity (Wildman–Crippen MR) is 138 cm³/mol. The first-order valence-corrected chi connectivity index (χ1v) is 12.9.